The van der Waals surface area contributed by atoms with Crippen molar-refractivity contribution in [3.8, 4) is 0 Å². The van der Waals surface area contributed by atoms with E-state index in [1.165, 1.54) is 6.07 Å². The zero-order chi connectivity index (χ0) is 22.4. The highest BCUT2D eigenvalue weighted by Crippen LogP contribution is 2.21. The molecule has 0 saturated heterocycles. The number of nitrogens with one attached hydrogen (secondary N) is 1. The first kappa shape index (κ1) is 23.1. The Balaban J connectivity index is 0.000000248. The normalized spacial score (nSPS) is 11.4. The number of nitrogens with zero attached hydrogens (tertiary/aromatic N) is 5. The third-order valence-corrected chi connectivity index (χ3v) is 4.26. The third kappa shape index (κ3) is 7.35. The third-order valence-electron chi connectivity index (χ3n) is 4.26. The van der Waals surface area contributed by atoms with Crippen molar-refractivity contribution >= 4 is 11.9 Å². The molecule has 3 aromatic heterocycles. The Morgan fingerprint density at radius 1 is 0.833 bits per heavy atom. The van der Waals surface area contributed by atoms with E-state index in [0.29, 0.717) is 24.1 Å². The summed E-state index contributed by atoms with van der Waals surface area (Å²) < 4.78 is 12.9. The Labute approximate surface area is 177 Å². The minimum absolute atomic E-state index is 0.0304. The van der Waals surface area contributed by atoms with Crippen LogP contribution in [-0.4, -0.2) is 24.9 Å². The summed E-state index contributed by atoms with van der Waals surface area (Å²) in [5.74, 6) is 0.361. The smallest absolute Gasteiger partial charge is 0.222 e. The zero-order valence-electron chi connectivity index (χ0n) is 18.4. The van der Waals surface area contributed by atoms with Gasteiger partial charge in [-0.25, -0.2) is 24.9 Å². The Bertz CT molecular complexity index is 927. The number of halogens is 1. The summed E-state index contributed by atoms with van der Waals surface area (Å²) in [5.41, 5.74) is 8.27. The van der Waals surface area contributed by atoms with Crippen molar-refractivity contribution in [1.82, 2.24) is 24.9 Å². The molecule has 0 fully saturated rings. The molecule has 0 atom stereocenters. The molecule has 7 nitrogen and oxygen atoms in total. The van der Waals surface area contributed by atoms with Crippen LogP contribution in [0.1, 0.15) is 58.4 Å². The maximum absolute atomic E-state index is 12.9. The molecule has 0 bridgehead atoms. The Morgan fingerprint density at radius 3 is 1.80 bits per heavy atom. The molecular formula is C22H30FN7. The van der Waals surface area contributed by atoms with Crippen LogP contribution in [0.5, 0.6) is 0 Å². The molecule has 0 amide bonds. The van der Waals surface area contributed by atoms with E-state index in [2.05, 4.69) is 71.8 Å². The quantitative estimate of drug-likeness (QED) is 0.620. The molecule has 3 rings (SSSR count). The van der Waals surface area contributed by atoms with Crippen LogP contribution < -0.4 is 11.1 Å². The SMILES string of the molecule is CC(C)(C)c1cnc(N)nc1.CC(C)(C)c1cnc(NCc2cccc(F)n2)nc1. The summed E-state index contributed by atoms with van der Waals surface area (Å²) in [6.07, 6.45) is 7.13. The van der Waals surface area contributed by atoms with Gasteiger partial charge in [-0.2, -0.15) is 4.39 Å². The van der Waals surface area contributed by atoms with Gasteiger partial charge < -0.3 is 11.1 Å². The van der Waals surface area contributed by atoms with E-state index in [1.54, 1.807) is 36.9 Å². The van der Waals surface area contributed by atoms with Crippen molar-refractivity contribution in [2.45, 2.75) is 58.9 Å². The topological polar surface area (TPSA) is 102 Å². The van der Waals surface area contributed by atoms with Crippen molar-refractivity contribution in [3.05, 3.63) is 65.8 Å². The lowest BCUT2D eigenvalue weighted by Crippen LogP contribution is -2.13. The largest absolute Gasteiger partial charge is 0.368 e. The molecule has 0 aliphatic carbocycles. The first-order valence-corrected chi connectivity index (χ1v) is 9.71. The number of hydrogen-bond donors (Lipinski definition) is 2. The van der Waals surface area contributed by atoms with Gasteiger partial charge in [0.05, 0.1) is 12.2 Å². The Hall–Kier alpha value is -3.16. The standard InChI is InChI=1S/C14H17FN4.C8H13N3/c1-14(2,3)10-7-16-13(17-8-10)18-9-11-5-4-6-12(15)19-11;1-8(2,3)6-4-10-7(9)11-5-6/h4-8H,9H2,1-3H3,(H,16,17,18);4-5H,1-3H3,(H2,9,10,11). The number of pyridine rings is 1. The average Bonchev–Trinajstić information content (AvgIpc) is 2.66. The highest BCUT2D eigenvalue weighted by atomic mass is 19.1. The molecule has 0 aliphatic rings. The maximum atomic E-state index is 12.9. The van der Waals surface area contributed by atoms with Crippen molar-refractivity contribution < 1.29 is 4.39 Å². The maximum Gasteiger partial charge on any atom is 0.222 e. The summed E-state index contributed by atoms with van der Waals surface area (Å²) in [4.78, 5) is 20.1. The second-order valence-corrected chi connectivity index (χ2v) is 8.93. The molecule has 0 spiro atoms. The van der Waals surface area contributed by atoms with E-state index in [0.717, 1.165) is 11.1 Å². The zero-order valence-corrected chi connectivity index (χ0v) is 18.4. The molecule has 0 saturated carbocycles. The van der Waals surface area contributed by atoms with Crippen LogP contribution in [0, 0.1) is 5.95 Å². The molecule has 30 heavy (non-hydrogen) atoms. The predicted octanol–water partition coefficient (Wildman–Crippen LogP) is 4.28. The summed E-state index contributed by atoms with van der Waals surface area (Å²) in [6, 6.07) is 4.70. The van der Waals surface area contributed by atoms with E-state index < -0.39 is 5.95 Å². The summed E-state index contributed by atoms with van der Waals surface area (Å²) >= 11 is 0. The van der Waals surface area contributed by atoms with Crippen LogP contribution >= 0.6 is 0 Å². The molecule has 0 unspecified atom stereocenters. The first-order valence-electron chi connectivity index (χ1n) is 9.71. The number of nitrogens with two attached hydrogens (primary N) is 1. The minimum Gasteiger partial charge on any atom is -0.368 e. The monoisotopic (exact) mass is 411 g/mol. The lowest BCUT2D eigenvalue weighted by molar-refractivity contribution is 0.577. The molecule has 3 N–H and O–H groups in total. The summed E-state index contributed by atoms with van der Waals surface area (Å²) in [6.45, 7) is 13.1. The fraction of sp³-hybridized carbons (Fsp3) is 0.409. The number of rotatable bonds is 3. The molecular weight excluding hydrogens is 381 g/mol. The number of nitrogen functional groups attached to an aromatic ring is 1. The van der Waals surface area contributed by atoms with Gasteiger partial charge in [0.15, 0.2) is 0 Å². The van der Waals surface area contributed by atoms with E-state index >= 15 is 0 Å². The van der Waals surface area contributed by atoms with Gasteiger partial charge in [-0.05, 0) is 34.1 Å². The van der Waals surface area contributed by atoms with E-state index in [1.807, 2.05) is 0 Å². The van der Waals surface area contributed by atoms with Gasteiger partial charge in [0.1, 0.15) is 0 Å². The van der Waals surface area contributed by atoms with Crippen LogP contribution in [0.25, 0.3) is 0 Å². The minimum atomic E-state index is -0.483. The molecule has 3 aromatic rings. The summed E-state index contributed by atoms with van der Waals surface area (Å²) in [5, 5.41) is 3.02. The van der Waals surface area contributed by atoms with Gasteiger partial charge in [0, 0.05) is 24.8 Å². The number of anilines is 2. The van der Waals surface area contributed by atoms with E-state index in [-0.39, 0.29) is 10.8 Å². The van der Waals surface area contributed by atoms with Gasteiger partial charge in [-0.1, -0.05) is 47.6 Å². The van der Waals surface area contributed by atoms with Crippen LogP contribution in [0.2, 0.25) is 0 Å². The molecule has 3 heterocycles. The lowest BCUT2D eigenvalue weighted by Gasteiger charge is -2.17. The second-order valence-electron chi connectivity index (χ2n) is 8.93. The lowest BCUT2D eigenvalue weighted by atomic mass is 9.89. The highest BCUT2D eigenvalue weighted by Gasteiger charge is 2.14. The molecule has 0 aromatic carbocycles. The van der Waals surface area contributed by atoms with Crippen LogP contribution in [0.3, 0.4) is 0 Å². The Morgan fingerprint density at radius 2 is 1.33 bits per heavy atom. The van der Waals surface area contributed by atoms with Crippen LogP contribution in [0.4, 0.5) is 16.3 Å². The fourth-order valence-corrected chi connectivity index (χ4v) is 2.25. The van der Waals surface area contributed by atoms with Gasteiger partial charge in [0.2, 0.25) is 17.8 Å². The van der Waals surface area contributed by atoms with Crippen LogP contribution in [-0.2, 0) is 17.4 Å². The highest BCUT2D eigenvalue weighted by molar-refractivity contribution is 5.28. The molecule has 0 aliphatic heterocycles. The van der Waals surface area contributed by atoms with Crippen LogP contribution in [0.15, 0.2) is 43.0 Å². The fourth-order valence-electron chi connectivity index (χ4n) is 2.25. The second kappa shape index (κ2) is 9.56. The van der Waals surface area contributed by atoms with Gasteiger partial charge in [0.25, 0.3) is 0 Å². The van der Waals surface area contributed by atoms with Gasteiger partial charge in [-0.15, -0.1) is 0 Å². The van der Waals surface area contributed by atoms with Gasteiger partial charge >= 0.3 is 0 Å². The van der Waals surface area contributed by atoms with Crippen molar-refractivity contribution in [2.75, 3.05) is 11.1 Å². The number of aromatic nitrogens is 5. The predicted molar refractivity (Wildman–Crippen MR) is 117 cm³/mol. The van der Waals surface area contributed by atoms with E-state index in [4.69, 9.17) is 5.73 Å². The molecule has 8 heteroatoms. The van der Waals surface area contributed by atoms with Crippen molar-refractivity contribution in [1.29, 1.82) is 0 Å². The first-order chi connectivity index (χ1) is 13.9. The van der Waals surface area contributed by atoms with Crippen molar-refractivity contribution in [3.63, 3.8) is 0 Å². The average molecular weight is 412 g/mol. The summed E-state index contributed by atoms with van der Waals surface area (Å²) in [7, 11) is 0. The molecule has 160 valence electrons. The Kier molecular flexibility index (Phi) is 7.37. The van der Waals surface area contributed by atoms with Crippen molar-refractivity contribution in [2.24, 2.45) is 0 Å². The molecule has 0 radical (unpaired) electrons. The van der Waals surface area contributed by atoms with E-state index in [9.17, 15) is 4.39 Å². The van der Waals surface area contributed by atoms with Gasteiger partial charge in [-0.3, -0.25) is 0 Å². The number of hydrogen-bond acceptors (Lipinski definition) is 7.